The number of carbonyl (C=O) groups is 3. The summed E-state index contributed by atoms with van der Waals surface area (Å²) < 4.78 is 16.7. The molecule has 0 fully saturated rings. The summed E-state index contributed by atoms with van der Waals surface area (Å²) in [6.45, 7) is 6.53. The van der Waals surface area contributed by atoms with Crippen molar-refractivity contribution in [1.29, 1.82) is 0 Å². The predicted molar refractivity (Wildman–Crippen MR) is 252 cm³/mol. The zero-order chi connectivity index (χ0) is 43.0. The van der Waals surface area contributed by atoms with Crippen molar-refractivity contribution in [2.75, 3.05) is 13.2 Å². The van der Waals surface area contributed by atoms with Gasteiger partial charge in [0.2, 0.25) is 0 Å². The molecule has 59 heavy (non-hydrogen) atoms. The number of hydrogen-bond donors (Lipinski definition) is 0. The first kappa shape index (κ1) is 56.4. The highest BCUT2D eigenvalue weighted by molar-refractivity contribution is 5.71. The van der Waals surface area contributed by atoms with E-state index in [2.05, 4.69) is 69.4 Å². The molecule has 0 aromatic rings. The maximum absolute atomic E-state index is 12.7. The van der Waals surface area contributed by atoms with E-state index in [1.165, 1.54) is 122 Å². The molecule has 1 atom stereocenters. The van der Waals surface area contributed by atoms with E-state index >= 15 is 0 Å². The van der Waals surface area contributed by atoms with Crippen molar-refractivity contribution in [3.63, 3.8) is 0 Å². The zero-order valence-corrected chi connectivity index (χ0v) is 39.0. The molecule has 0 rings (SSSR count). The summed E-state index contributed by atoms with van der Waals surface area (Å²) in [5.74, 6) is -0.897. The monoisotopic (exact) mass is 827 g/mol. The van der Waals surface area contributed by atoms with E-state index in [4.69, 9.17) is 14.2 Å². The minimum absolute atomic E-state index is 0.0789. The third kappa shape index (κ3) is 46.3. The molecule has 6 heteroatoms. The molecule has 0 aliphatic heterocycles. The van der Waals surface area contributed by atoms with Gasteiger partial charge in [-0.3, -0.25) is 14.4 Å². The quantitative estimate of drug-likeness (QED) is 0.0263. The van der Waals surface area contributed by atoms with Crippen LogP contribution in [0.2, 0.25) is 0 Å². The Hall–Kier alpha value is -2.63. The molecular formula is C53H94O6. The first-order valence-electron chi connectivity index (χ1n) is 25.1. The van der Waals surface area contributed by atoms with E-state index < -0.39 is 6.10 Å². The number of allylic oxidation sites excluding steroid dienone is 8. The Balaban J connectivity index is 4.29. The molecule has 6 nitrogen and oxygen atoms in total. The Kier molecular flexibility index (Phi) is 45.9. The summed E-state index contributed by atoms with van der Waals surface area (Å²) in [4.78, 5) is 37.8. The van der Waals surface area contributed by atoms with Crippen LogP contribution in [0.4, 0.5) is 0 Å². The van der Waals surface area contributed by atoms with Gasteiger partial charge in [-0.2, -0.15) is 0 Å². The lowest BCUT2D eigenvalue weighted by molar-refractivity contribution is -0.167. The third-order valence-electron chi connectivity index (χ3n) is 10.8. The summed E-state index contributed by atoms with van der Waals surface area (Å²) in [5, 5.41) is 0. The summed E-state index contributed by atoms with van der Waals surface area (Å²) >= 11 is 0. The summed E-state index contributed by atoms with van der Waals surface area (Å²) in [5.41, 5.74) is 0. The van der Waals surface area contributed by atoms with Crippen LogP contribution >= 0.6 is 0 Å². The van der Waals surface area contributed by atoms with E-state index in [0.717, 1.165) is 89.9 Å². The van der Waals surface area contributed by atoms with Crippen LogP contribution in [0.25, 0.3) is 0 Å². The average molecular weight is 827 g/mol. The first-order valence-corrected chi connectivity index (χ1v) is 25.1. The Bertz CT molecular complexity index is 1040. The molecule has 0 radical (unpaired) electrons. The highest BCUT2D eigenvalue weighted by Gasteiger charge is 2.19. The maximum atomic E-state index is 12.7. The van der Waals surface area contributed by atoms with Gasteiger partial charge in [-0.15, -0.1) is 0 Å². The van der Waals surface area contributed by atoms with Crippen LogP contribution in [0, 0.1) is 0 Å². The SMILES string of the molecule is CCCC/C=C\C/C=C\CCCCCCCC(=O)OC(COC(=O)CCCCCCCCCC)COC(=O)CCCCCCCCCCC/C=C\C/C=C\CCCCC. The molecule has 342 valence electrons. The Morgan fingerprint density at radius 1 is 0.339 bits per heavy atom. The van der Waals surface area contributed by atoms with Crippen molar-refractivity contribution < 1.29 is 28.6 Å². The van der Waals surface area contributed by atoms with E-state index in [1.807, 2.05) is 0 Å². The Morgan fingerprint density at radius 3 is 1.02 bits per heavy atom. The van der Waals surface area contributed by atoms with Crippen molar-refractivity contribution in [2.24, 2.45) is 0 Å². The van der Waals surface area contributed by atoms with E-state index in [1.54, 1.807) is 0 Å². The van der Waals surface area contributed by atoms with Gasteiger partial charge in [0, 0.05) is 19.3 Å². The molecule has 0 aliphatic carbocycles. The molecule has 0 aromatic carbocycles. The van der Waals surface area contributed by atoms with Crippen molar-refractivity contribution in [1.82, 2.24) is 0 Å². The number of unbranched alkanes of at least 4 members (excludes halogenated alkanes) is 26. The van der Waals surface area contributed by atoms with Gasteiger partial charge in [-0.05, 0) is 77.0 Å². The lowest BCUT2D eigenvalue weighted by Crippen LogP contribution is -2.30. The molecule has 0 saturated heterocycles. The number of carbonyl (C=O) groups excluding carboxylic acids is 3. The number of hydrogen-bond acceptors (Lipinski definition) is 6. The second-order valence-electron chi connectivity index (χ2n) is 16.7. The summed E-state index contributed by atoms with van der Waals surface area (Å²) in [6, 6.07) is 0. The standard InChI is InChI=1S/C53H94O6/c1-4-7-10-13-16-19-21-23-25-26-27-28-29-31-32-34-37-40-43-46-52(55)58-49-50(48-57-51(54)45-42-39-36-18-15-12-9-6-3)59-53(56)47-44-41-38-35-33-30-24-22-20-17-14-11-8-5-2/h14,16-17,19,22-25,50H,4-13,15,18,20-21,26-49H2,1-3H3/b17-14-,19-16-,24-22-,25-23-. The fourth-order valence-corrected chi connectivity index (χ4v) is 6.96. The third-order valence-corrected chi connectivity index (χ3v) is 10.8. The molecular weight excluding hydrogens is 733 g/mol. The fraction of sp³-hybridized carbons (Fsp3) is 0.792. The average Bonchev–Trinajstić information content (AvgIpc) is 3.23. The van der Waals surface area contributed by atoms with Gasteiger partial charge in [0.15, 0.2) is 6.10 Å². The lowest BCUT2D eigenvalue weighted by Gasteiger charge is -2.18. The van der Waals surface area contributed by atoms with Gasteiger partial charge in [0.05, 0.1) is 0 Å². The zero-order valence-electron chi connectivity index (χ0n) is 39.0. The highest BCUT2D eigenvalue weighted by atomic mass is 16.6. The second-order valence-corrected chi connectivity index (χ2v) is 16.7. The molecule has 0 saturated carbocycles. The topological polar surface area (TPSA) is 78.9 Å². The largest absolute Gasteiger partial charge is 0.462 e. The number of rotatable bonds is 45. The van der Waals surface area contributed by atoms with Gasteiger partial charge >= 0.3 is 17.9 Å². The molecule has 0 heterocycles. The van der Waals surface area contributed by atoms with Crippen LogP contribution in [-0.4, -0.2) is 37.2 Å². The van der Waals surface area contributed by atoms with Crippen LogP contribution in [0.15, 0.2) is 48.6 Å². The van der Waals surface area contributed by atoms with Crippen LogP contribution in [0.3, 0.4) is 0 Å². The summed E-state index contributed by atoms with van der Waals surface area (Å²) in [6.07, 6.45) is 56.7. The van der Waals surface area contributed by atoms with Crippen molar-refractivity contribution in [3.8, 4) is 0 Å². The Labute approximate surface area is 365 Å². The summed E-state index contributed by atoms with van der Waals surface area (Å²) in [7, 11) is 0. The van der Waals surface area contributed by atoms with Crippen LogP contribution < -0.4 is 0 Å². The van der Waals surface area contributed by atoms with Gasteiger partial charge in [-0.1, -0.05) is 204 Å². The smallest absolute Gasteiger partial charge is 0.306 e. The molecule has 0 aliphatic rings. The second kappa shape index (κ2) is 48.0. The fourth-order valence-electron chi connectivity index (χ4n) is 6.96. The Morgan fingerprint density at radius 2 is 0.627 bits per heavy atom. The van der Waals surface area contributed by atoms with Crippen molar-refractivity contribution >= 4 is 17.9 Å². The minimum atomic E-state index is -0.777. The van der Waals surface area contributed by atoms with Crippen LogP contribution in [-0.2, 0) is 28.6 Å². The molecule has 0 bridgehead atoms. The minimum Gasteiger partial charge on any atom is -0.462 e. The number of esters is 3. The van der Waals surface area contributed by atoms with Crippen LogP contribution in [0.1, 0.15) is 252 Å². The predicted octanol–water partition coefficient (Wildman–Crippen LogP) is 16.3. The molecule has 0 amide bonds. The lowest BCUT2D eigenvalue weighted by atomic mass is 10.1. The highest BCUT2D eigenvalue weighted by Crippen LogP contribution is 2.14. The molecule has 0 N–H and O–H groups in total. The van der Waals surface area contributed by atoms with Gasteiger partial charge in [-0.25, -0.2) is 0 Å². The van der Waals surface area contributed by atoms with E-state index in [9.17, 15) is 14.4 Å². The van der Waals surface area contributed by atoms with Gasteiger partial charge < -0.3 is 14.2 Å². The van der Waals surface area contributed by atoms with Crippen LogP contribution in [0.5, 0.6) is 0 Å². The number of ether oxygens (including phenoxy) is 3. The van der Waals surface area contributed by atoms with Gasteiger partial charge in [0.1, 0.15) is 13.2 Å². The normalized spacial score (nSPS) is 12.4. The van der Waals surface area contributed by atoms with Crippen molar-refractivity contribution in [2.45, 2.75) is 258 Å². The molecule has 0 spiro atoms. The first-order chi connectivity index (χ1) is 29.0. The van der Waals surface area contributed by atoms with Crippen molar-refractivity contribution in [3.05, 3.63) is 48.6 Å². The van der Waals surface area contributed by atoms with E-state index in [0.29, 0.717) is 19.3 Å². The molecule has 1 unspecified atom stereocenters. The van der Waals surface area contributed by atoms with Gasteiger partial charge in [0.25, 0.3) is 0 Å². The molecule has 0 aromatic heterocycles. The maximum Gasteiger partial charge on any atom is 0.306 e. The van der Waals surface area contributed by atoms with E-state index in [-0.39, 0.29) is 31.1 Å².